The van der Waals surface area contributed by atoms with Crippen molar-refractivity contribution in [2.75, 3.05) is 5.32 Å². The minimum absolute atomic E-state index is 0.110. The molecule has 0 saturated carbocycles. The highest BCUT2D eigenvalue weighted by molar-refractivity contribution is 6.33. The SMILES string of the molecule is CC(Nc1ccc(Cl)c(C(=O)O)n1)c1ccco1. The van der Waals surface area contributed by atoms with Crippen molar-refractivity contribution in [2.24, 2.45) is 0 Å². The van der Waals surface area contributed by atoms with Crippen LogP contribution in [0.2, 0.25) is 5.02 Å². The number of furan rings is 1. The Hall–Kier alpha value is -2.01. The molecule has 1 atom stereocenters. The molecule has 2 aromatic heterocycles. The molecular weight excluding hydrogens is 256 g/mol. The third-order valence-corrected chi connectivity index (χ3v) is 2.69. The molecule has 6 heteroatoms. The van der Waals surface area contributed by atoms with Gasteiger partial charge in [-0.2, -0.15) is 0 Å². The standard InChI is InChI=1S/C12H11ClN2O3/c1-7(9-3-2-6-18-9)14-10-5-4-8(13)11(15-10)12(16)17/h2-7H,1H3,(H,14,15)(H,16,17). The molecule has 0 aliphatic heterocycles. The van der Waals surface area contributed by atoms with Crippen LogP contribution in [-0.2, 0) is 0 Å². The Balaban J connectivity index is 2.20. The summed E-state index contributed by atoms with van der Waals surface area (Å²) in [6.07, 6.45) is 1.57. The van der Waals surface area contributed by atoms with E-state index >= 15 is 0 Å². The molecule has 0 fully saturated rings. The van der Waals surface area contributed by atoms with Gasteiger partial charge < -0.3 is 14.8 Å². The lowest BCUT2D eigenvalue weighted by Gasteiger charge is -2.12. The van der Waals surface area contributed by atoms with E-state index in [4.69, 9.17) is 21.1 Å². The number of carboxylic acid groups (broad SMARTS) is 1. The van der Waals surface area contributed by atoms with E-state index in [9.17, 15) is 4.79 Å². The van der Waals surface area contributed by atoms with Crippen LogP contribution >= 0.6 is 11.6 Å². The maximum Gasteiger partial charge on any atom is 0.356 e. The zero-order valence-electron chi connectivity index (χ0n) is 9.55. The zero-order chi connectivity index (χ0) is 13.1. The van der Waals surface area contributed by atoms with Crippen LogP contribution in [0.5, 0.6) is 0 Å². The van der Waals surface area contributed by atoms with E-state index < -0.39 is 5.97 Å². The average molecular weight is 267 g/mol. The van der Waals surface area contributed by atoms with Crippen LogP contribution in [0.4, 0.5) is 5.82 Å². The average Bonchev–Trinajstić information content (AvgIpc) is 2.85. The second-order valence-electron chi connectivity index (χ2n) is 3.71. The van der Waals surface area contributed by atoms with Crippen LogP contribution in [0, 0.1) is 0 Å². The molecular formula is C12H11ClN2O3. The Morgan fingerprint density at radius 3 is 2.89 bits per heavy atom. The lowest BCUT2D eigenvalue weighted by atomic mass is 10.2. The topological polar surface area (TPSA) is 75.4 Å². The smallest absolute Gasteiger partial charge is 0.356 e. The van der Waals surface area contributed by atoms with E-state index in [1.54, 1.807) is 18.4 Å². The monoisotopic (exact) mass is 266 g/mol. The minimum Gasteiger partial charge on any atom is -0.476 e. The Morgan fingerprint density at radius 1 is 1.50 bits per heavy atom. The number of halogens is 1. The number of hydrogen-bond donors (Lipinski definition) is 2. The number of rotatable bonds is 4. The van der Waals surface area contributed by atoms with E-state index in [0.717, 1.165) is 5.76 Å². The zero-order valence-corrected chi connectivity index (χ0v) is 10.3. The molecule has 0 aliphatic carbocycles. The van der Waals surface area contributed by atoms with Gasteiger partial charge in [0.15, 0.2) is 5.69 Å². The normalized spacial score (nSPS) is 12.1. The first-order valence-electron chi connectivity index (χ1n) is 5.27. The van der Waals surface area contributed by atoms with Crippen LogP contribution in [0.25, 0.3) is 0 Å². The molecule has 0 amide bonds. The number of pyridine rings is 1. The summed E-state index contributed by atoms with van der Waals surface area (Å²) >= 11 is 5.74. The molecule has 0 radical (unpaired) electrons. The molecule has 18 heavy (non-hydrogen) atoms. The van der Waals surface area contributed by atoms with E-state index in [1.807, 2.05) is 13.0 Å². The van der Waals surface area contributed by atoms with Crippen molar-refractivity contribution in [3.63, 3.8) is 0 Å². The van der Waals surface area contributed by atoms with Gasteiger partial charge in [-0.15, -0.1) is 0 Å². The number of anilines is 1. The van der Waals surface area contributed by atoms with Crippen molar-refractivity contribution < 1.29 is 14.3 Å². The van der Waals surface area contributed by atoms with Gasteiger partial charge in [-0.1, -0.05) is 11.6 Å². The van der Waals surface area contributed by atoms with Crippen molar-refractivity contribution in [3.8, 4) is 0 Å². The van der Waals surface area contributed by atoms with Crippen LogP contribution in [-0.4, -0.2) is 16.1 Å². The molecule has 0 bridgehead atoms. The van der Waals surface area contributed by atoms with Crippen LogP contribution in [0.3, 0.4) is 0 Å². The molecule has 2 N–H and O–H groups in total. The molecule has 0 aromatic carbocycles. The largest absolute Gasteiger partial charge is 0.476 e. The van der Waals surface area contributed by atoms with Gasteiger partial charge in [-0.25, -0.2) is 9.78 Å². The molecule has 0 spiro atoms. The number of nitrogens with one attached hydrogen (secondary N) is 1. The van der Waals surface area contributed by atoms with E-state index in [0.29, 0.717) is 5.82 Å². The van der Waals surface area contributed by atoms with Crippen LogP contribution in [0.1, 0.15) is 29.2 Å². The number of aromatic nitrogens is 1. The fourth-order valence-electron chi connectivity index (χ4n) is 1.50. The van der Waals surface area contributed by atoms with Crippen molar-refractivity contribution in [2.45, 2.75) is 13.0 Å². The highest BCUT2D eigenvalue weighted by atomic mass is 35.5. The van der Waals surface area contributed by atoms with Crippen molar-refractivity contribution in [1.29, 1.82) is 0 Å². The first kappa shape index (κ1) is 12.4. The lowest BCUT2D eigenvalue weighted by Crippen LogP contribution is -2.09. The highest BCUT2D eigenvalue weighted by Gasteiger charge is 2.13. The third-order valence-electron chi connectivity index (χ3n) is 2.38. The predicted molar refractivity (Wildman–Crippen MR) is 67.0 cm³/mol. The lowest BCUT2D eigenvalue weighted by molar-refractivity contribution is 0.0691. The van der Waals surface area contributed by atoms with Gasteiger partial charge in [0, 0.05) is 0 Å². The van der Waals surface area contributed by atoms with Gasteiger partial charge in [-0.3, -0.25) is 0 Å². The number of carboxylic acids is 1. The highest BCUT2D eigenvalue weighted by Crippen LogP contribution is 2.21. The van der Waals surface area contributed by atoms with Gasteiger partial charge in [0.05, 0.1) is 17.3 Å². The summed E-state index contributed by atoms with van der Waals surface area (Å²) in [5.74, 6) is 0.0126. The molecule has 0 aliphatic rings. The van der Waals surface area contributed by atoms with Gasteiger partial charge in [0.1, 0.15) is 11.6 Å². The minimum atomic E-state index is -1.16. The Bertz CT molecular complexity index is 554. The second-order valence-corrected chi connectivity index (χ2v) is 4.12. The van der Waals surface area contributed by atoms with Crippen molar-refractivity contribution in [1.82, 2.24) is 4.98 Å². The number of nitrogens with zero attached hydrogens (tertiary/aromatic N) is 1. The van der Waals surface area contributed by atoms with Gasteiger partial charge >= 0.3 is 5.97 Å². The number of hydrogen-bond acceptors (Lipinski definition) is 4. The van der Waals surface area contributed by atoms with Crippen molar-refractivity contribution in [3.05, 3.63) is 47.0 Å². The summed E-state index contributed by atoms with van der Waals surface area (Å²) in [6.45, 7) is 1.88. The van der Waals surface area contributed by atoms with Crippen LogP contribution < -0.4 is 5.32 Å². The molecule has 2 heterocycles. The second kappa shape index (κ2) is 5.10. The van der Waals surface area contributed by atoms with Gasteiger partial charge in [-0.05, 0) is 31.2 Å². The predicted octanol–water partition coefficient (Wildman–Crippen LogP) is 3.20. The number of aromatic carboxylic acids is 1. The molecule has 2 rings (SSSR count). The van der Waals surface area contributed by atoms with E-state index in [1.165, 1.54) is 6.07 Å². The fourth-order valence-corrected chi connectivity index (χ4v) is 1.69. The number of carbonyl (C=O) groups is 1. The summed E-state index contributed by atoms with van der Waals surface area (Å²) in [7, 11) is 0. The molecule has 2 aromatic rings. The molecule has 5 nitrogen and oxygen atoms in total. The molecule has 94 valence electrons. The van der Waals surface area contributed by atoms with Gasteiger partial charge in [0.25, 0.3) is 0 Å². The Morgan fingerprint density at radius 2 is 2.28 bits per heavy atom. The summed E-state index contributed by atoms with van der Waals surface area (Å²) in [5, 5.41) is 12.1. The first-order valence-corrected chi connectivity index (χ1v) is 5.65. The third kappa shape index (κ3) is 2.62. The fraction of sp³-hybridized carbons (Fsp3) is 0.167. The maximum atomic E-state index is 10.9. The maximum absolute atomic E-state index is 10.9. The quantitative estimate of drug-likeness (QED) is 0.889. The van der Waals surface area contributed by atoms with Crippen LogP contribution in [0.15, 0.2) is 34.9 Å². The molecule has 1 unspecified atom stereocenters. The Labute approximate surface area is 108 Å². The summed E-state index contributed by atoms with van der Waals surface area (Å²) in [5.41, 5.74) is -0.173. The molecule has 0 saturated heterocycles. The summed E-state index contributed by atoms with van der Waals surface area (Å²) < 4.78 is 5.24. The summed E-state index contributed by atoms with van der Waals surface area (Å²) in [6, 6.07) is 6.61. The summed E-state index contributed by atoms with van der Waals surface area (Å²) in [4.78, 5) is 14.8. The van der Waals surface area contributed by atoms with E-state index in [2.05, 4.69) is 10.3 Å². The van der Waals surface area contributed by atoms with Gasteiger partial charge in [0.2, 0.25) is 0 Å². The first-order chi connectivity index (χ1) is 8.58. The van der Waals surface area contributed by atoms with Crippen molar-refractivity contribution >= 4 is 23.4 Å². The van der Waals surface area contributed by atoms with E-state index in [-0.39, 0.29) is 16.8 Å². The Kier molecular flexibility index (Phi) is 3.53.